The number of aliphatic hydroxyl groups is 2. The molecule has 1 atom stereocenters. The smallest absolute Gasteiger partial charge is 0.123 e. The molecule has 0 aliphatic rings. The summed E-state index contributed by atoms with van der Waals surface area (Å²) in [7, 11) is 0. The van der Waals surface area contributed by atoms with Crippen LogP contribution in [-0.2, 0) is 0 Å². The first-order chi connectivity index (χ1) is 7.72. The lowest BCUT2D eigenvalue weighted by atomic mass is 10.1. The van der Waals surface area contributed by atoms with Crippen molar-refractivity contribution >= 4 is 6.08 Å². The fraction of sp³-hybridized carbons (Fsp3) is 0.231. The quantitative estimate of drug-likeness (QED) is 0.749. The van der Waals surface area contributed by atoms with Crippen LogP contribution in [0.5, 0.6) is 0 Å². The standard InChI is InChI=1S/C13H15FO2/c14-12-7-4-11(5-8-12)6-9-13(16)3-1-2-10-15/h1-2,4-9,13,15-16H,3,10H2/b2-1-,9-6+/t13-/m1/s1. The van der Waals surface area contributed by atoms with E-state index in [1.807, 2.05) is 0 Å². The zero-order chi connectivity index (χ0) is 11.8. The molecule has 0 bridgehead atoms. The number of hydrogen-bond donors (Lipinski definition) is 2. The predicted octanol–water partition coefficient (Wildman–Crippen LogP) is 2.14. The highest BCUT2D eigenvalue weighted by molar-refractivity contribution is 5.49. The highest BCUT2D eigenvalue weighted by Crippen LogP contribution is 2.06. The molecule has 1 aromatic rings. The molecule has 1 aromatic carbocycles. The average molecular weight is 222 g/mol. The van der Waals surface area contributed by atoms with Crippen LogP contribution in [0, 0.1) is 5.82 Å². The van der Waals surface area contributed by atoms with E-state index in [0.29, 0.717) is 6.42 Å². The van der Waals surface area contributed by atoms with Gasteiger partial charge < -0.3 is 10.2 Å². The summed E-state index contributed by atoms with van der Waals surface area (Å²) < 4.78 is 12.6. The first kappa shape index (κ1) is 12.6. The van der Waals surface area contributed by atoms with E-state index in [4.69, 9.17) is 5.11 Å². The van der Waals surface area contributed by atoms with Crippen molar-refractivity contribution in [1.29, 1.82) is 0 Å². The maximum atomic E-state index is 12.6. The maximum Gasteiger partial charge on any atom is 0.123 e. The Kier molecular flexibility index (Phi) is 5.46. The zero-order valence-corrected chi connectivity index (χ0v) is 8.88. The van der Waals surface area contributed by atoms with Crippen molar-refractivity contribution in [3.63, 3.8) is 0 Å². The lowest BCUT2D eigenvalue weighted by Crippen LogP contribution is -1.99. The van der Waals surface area contributed by atoms with Gasteiger partial charge in [0.25, 0.3) is 0 Å². The Morgan fingerprint density at radius 1 is 1.19 bits per heavy atom. The van der Waals surface area contributed by atoms with Crippen molar-refractivity contribution in [2.45, 2.75) is 12.5 Å². The van der Waals surface area contributed by atoms with Crippen molar-refractivity contribution < 1.29 is 14.6 Å². The van der Waals surface area contributed by atoms with Gasteiger partial charge >= 0.3 is 0 Å². The van der Waals surface area contributed by atoms with Crippen LogP contribution in [0.15, 0.2) is 42.5 Å². The van der Waals surface area contributed by atoms with Crippen LogP contribution in [0.25, 0.3) is 6.08 Å². The Bertz CT molecular complexity index is 355. The molecular formula is C13H15FO2. The number of halogens is 1. The van der Waals surface area contributed by atoms with Crippen LogP contribution in [0.2, 0.25) is 0 Å². The summed E-state index contributed by atoms with van der Waals surface area (Å²) in [4.78, 5) is 0. The molecule has 0 spiro atoms. The largest absolute Gasteiger partial charge is 0.392 e. The maximum absolute atomic E-state index is 12.6. The molecule has 0 amide bonds. The minimum absolute atomic E-state index is 0.0194. The van der Waals surface area contributed by atoms with Gasteiger partial charge in [0.15, 0.2) is 0 Å². The minimum Gasteiger partial charge on any atom is -0.392 e. The molecule has 16 heavy (non-hydrogen) atoms. The van der Waals surface area contributed by atoms with Crippen LogP contribution in [-0.4, -0.2) is 22.9 Å². The summed E-state index contributed by atoms with van der Waals surface area (Å²) in [6, 6.07) is 6.03. The van der Waals surface area contributed by atoms with Gasteiger partial charge in [-0.2, -0.15) is 0 Å². The summed E-state index contributed by atoms with van der Waals surface area (Å²) in [5, 5.41) is 18.0. The zero-order valence-electron chi connectivity index (χ0n) is 8.88. The van der Waals surface area contributed by atoms with Crippen molar-refractivity contribution in [1.82, 2.24) is 0 Å². The Labute approximate surface area is 94.4 Å². The van der Waals surface area contributed by atoms with Crippen LogP contribution < -0.4 is 0 Å². The Morgan fingerprint density at radius 3 is 2.50 bits per heavy atom. The molecule has 2 N–H and O–H groups in total. The lowest BCUT2D eigenvalue weighted by molar-refractivity contribution is 0.227. The summed E-state index contributed by atoms with van der Waals surface area (Å²) in [5.41, 5.74) is 0.839. The Morgan fingerprint density at radius 2 is 1.88 bits per heavy atom. The monoisotopic (exact) mass is 222 g/mol. The number of benzene rings is 1. The van der Waals surface area contributed by atoms with Crippen LogP contribution in [0.1, 0.15) is 12.0 Å². The third-order valence-corrected chi connectivity index (χ3v) is 2.03. The highest BCUT2D eigenvalue weighted by atomic mass is 19.1. The molecule has 0 aromatic heterocycles. The van der Waals surface area contributed by atoms with Crippen molar-refractivity contribution in [2.24, 2.45) is 0 Å². The predicted molar refractivity (Wildman–Crippen MR) is 62.3 cm³/mol. The van der Waals surface area contributed by atoms with Gasteiger partial charge in [-0.25, -0.2) is 4.39 Å². The Balaban J connectivity index is 2.46. The third kappa shape index (κ3) is 4.87. The van der Waals surface area contributed by atoms with E-state index in [2.05, 4.69) is 0 Å². The topological polar surface area (TPSA) is 40.5 Å². The van der Waals surface area contributed by atoms with Gasteiger partial charge in [-0.1, -0.05) is 36.4 Å². The summed E-state index contributed by atoms with van der Waals surface area (Å²) >= 11 is 0. The van der Waals surface area contributed by atoms with Gasteiger partial charge in [-0.3, -0.25) is 0 Å². The summed E-state index contributed by atoms with van der Waals surface area (Å²) in [6.45, 7) is -0.0194. The van der Waals surface area contributed by atoms with E-state index < -0.39 is 6.10 Å². The molecule has 0 saturated carbocycles. The van der Waals surface area contributed by atoms with E-state index in [-0.39, 0.29) is 12.4 Å². The van der Waals surface area contributed by atoms with E-state index in [1.165, 1.54) is 12.1 Å². The second kappa shape index (κ2) is 6.93. The molecule has 1 rings (SSSR count). The second-order valence-corrected chi connectivity index (χ2v) is 3.37. The van der Waals surface area contributed by atoms with E-state index >= 15 is 0 Å². The molecule has 0 unspecified atom stereocenters. The molecule has 86 valence electrons. The summed E-state index contributed by atoms with van der Waals surface area (Å²) in [6.07, 6.45) is 6.52. The fourth-order valence-electron chi connectivity index (χ4n) is 1.18. The van der Waals surface area contributed by atoms with Gasteiger partial charge in [0.1, 0.15) is 5.82 Å². The van der Waals surface area contributed by atoms with Gasteiger partial charge in [0.05, 0.1) is 12.7 Å². The molecular weight excluding hydrogens is 207 g/mol. The SMILES string of the molecule is OC/C=C\C[C@@H](O)/C=C/c1ccc(F)cc1. The minimum atomic E-state index is -0.590. The first-order valence-corrected chi connectivity index (χ1v) is 5.10. The number of aliphatic hydroxyl groups excluding tert-OH is 2. The molecule has 0 radical (unpaired) electrons. The van der Waals surface area contributed by atoms with E-state index in [1.54, 1.807) is 36.4 Å². The molecule has 0 fully saturated rings. The van der Waals surface area contributed by atoms with Crippen LogP contribution in [0.3, 0.4) is 0 Å². The van der Waals surface area contributed by atoms with E-state index in [0.717, 1.165) is 5.56 Å². The average Bonchev–Trinajstić information content (AvgIpc) is 2.29. The molecule has 0 saturated heterocycles. The molecule has 0 aliphatic carbocycles. The normalized spacial score (nSPS) is 13.7. The fourth-order valence-corrected chi connectivity index (χ4v) is 1.18. The number of hydrogen-bond acceptors (Lipinski definition) is 2. The van der Waals surface area contributed by atoms with Crippen LogP contribution in [0.4, 0.5) is 4.39 Å². The summed E-state index contributed by atoms with van der Waals surface area (Å²) in [5.74, 6) is -0.274. The van der Waals surface area contributed by atoms with E-state index in [9.17, 15) is 9.50 Å². The number of rotatable bonds is 5. The second-order valence-electron chi connectivity index (χ2n) is 3.37. The Hall–Kier alpha value is -1.45. The van der Waals surface area contributed by atoms with Gasteiger partial charge in [-0.15, -0.1) is 0 Å². The molecule has 3 heteroatoms. The van der Waals surface area contributed by atoms with Gasteiger partial charge in [0.2, 0.25) is 0 Å². The lowest BCUT2D eigenvalue weighted by Gasteiger charge is -2.00. The van der Waals surface area contributed by atoms with Gasteiger partial charge in [0, 0.05) is 0 Å². The van der Waals surface area contributed by atoms with Gasteiger partial charge in [-0.05, 0) is 24.1 Å². The third-order valence-electron chi connectivity index (χ3n) is 2.03. The van der Waals surface area contributed by atoms with Crippen LogP contribution >= 0.6 is 0 Å². The molecule has 2 nitrogen and oxygen atoms in total. The van der Waals surface area contributed by atoms with Crippen molar-refractivity contribution in [2.75, 3.05) is 6.61 Å². The molecule has 0 heterocycles. The molecule has 0 aliphatic heterocycles. The first-order valence-electron chi connectivity index (χ1n) is 5.10. The highest BCUT2D eigenvalue weighted by Gasteiger charge is 1.95. The van der Waals surface area contributed by atoms with Crippen molar-refractivity contribution in [3.8, 4) is 0 Å². The van der Waals surface area contributed by atoms with Crippen molar-refractivity contribution in [3.05, 3.63) is 53.9 Å².